The molecule has 0 atom stereocenters. The van der Waals surface area contributed by atoms with Crippen molar-refractivity contribution in [1.82, 2.24) is 14.1 Å². The summed E-state index contributed by atoms with van der Waals surface area (Å²) in [6, 6.07) is 5.73. The van der Waals surface area contributed by atoms with Crippen molar-refractivity contribution in [2.24, 2.45) is 7.05 Å². The van der Waals surface area contributed by atoms with Crippen molar-refractivity contribution in [3.05, 3.63) is 68.0 Å². The number of Topliss-reactive ketones (excluding diaryl/α,β-unsaturated/α-hetero) is 1. The van der Waals surface area contributed by atoms with E-state index < -0.39 is 0 Å². The molecule has 0 saturated heterocycles. The van der Waals surface area contributed by atoms with Crippen molar-refractivity contribution in [3.8, 4) is 0 Å². The maximum Gasteiger partial charge on any atom is 0.262 e. The standard InChI is InChI=1S/C24H25N3O3S2/c1-14-11-18(15(2)27(14)12-16-7-6-10-30-16)19(28)13-31-24-25-22-21(23(29)26(24)3)17-8-4-5-9-20(17)32-22/h6-7,10-11H,4-5,8-9,12-13H2,1-3H3. The van der Waals surface area contributed by atoms with E-state index in [1.54, 1.807) is 29.2 Å². The van der Waals surface area contributed by atoms with Crippen LogP contribution < -0.4 is 5.56 Å². The van der Waals surface area contributed by atoms with Crippen molar-refractivity contribution in [1.29, 1.82) is 0 Å². The Morgan fingerprint density at radius 1 is 1.28 bits per heavy atom. The minimum atomic E-state index is 0.000903. The fraction of sp³-hybridized carbons (Fsp3) is 0.375. The summed E-state index contributed by atoms with van der Waals surface area (Å²) < 4.78 is 9.15. The van der Waals surface area contributed by atoms with Crippen LogP contribution in [0.15, 0.2) is 38.8 Å². The molecule has 0 N–H and O–H groups in total. The SMILES string of the molecule is Cc1cc(C(=O)CSc2nc3sc4c(c3c(=O)n2C)CCCC4)c(C)n1Cc1ccco1. The average Bonchev–Trinajstić information content (AvgIpc) is 3.49. The zero-order valence-corrected chi connectivity index (χ0v) is 20.1. The number of carbonyl (C=O) groups is 1. The summed E-state index contributed by atoms with van der Waals surface area (Å²) in [7, 11) is 1.75. The number of furan rings is 1. The highest BCUT2D eigenvalue weighted by Crippen LogP contribution is 2.34. The summed E-state index contributed by atoms with van der Waals surface area (Å²) in [5, 5.41) is 1.38. The number of aryl methyl sites for hydroxylation is 3. The van der Waals surface area contributed by atoms with Crippen molar-refractivity contribution in [2.45, 2.75) is 51.2 Å². The predicted molar refractivity (Wildman–Crippen MR) is 128 cm³/mol. The summed E-state index contributed by atoms with van der Waals surface area (Å²) >= 11 is 2.98. The van der Waals surface area contributed by atoms with Crippen molar-refractivity contribution in [3.63, 3.8) is 0 Å². The second kappa shape index (κ2) is 8.41. The summed E-state index contributed by atoms with van der Waals surface area (Å²) in [4.78, 5) is 33.0. The van der Waals surface area contributed by atoms with Gasteiger partial charge in [-0.15, -0.1) is 11.3 Å². The molecule has 5 rings (SSSR count). The number of carbonyl (C=O) groups excluding carboxylic acids is 1. The number of thioether (sulfide) groups is 1. The van der Waals surface area contributed by atoms with Crippen LogP contribution in [-0.4, -0.2) is 25.7 Å². The highest BCUT2D eigenvalue weighted by atomic mass is 32.2. The quantitative estimate of drug-likeness (QED) is 0.229. The highest BCUT2D eigenvalue weighted by molar-refractivity contribution is 7.99. The normalized spacial score (nSPS) is 13.6. The molecule has 0 bridgehead atoms. The van der Waals surface area contributed by atoms with Crippen LogP contribution in [0.5, 0.6) is 0 Å². The molecule has 0 saturated carbocycles. The minimum Gasteiger partial charge on any atom is -0.467 e. The Balaban J connectivity index is 1.38. The molecule has 0 spiro atoms. The molecule has 6 nitrogen and oxygen atoms in total. The molecular weight excluding hydrogens is 442 g/mol. The van der Waals surface area contributed by atoms with Crippen LogP contribution in [0.3, 0.4) is 0 Å². The molecule has 0 unspecified atom stereocenters. The van der Waals surface area contributed by atoms with Gasteiger partial charge in [-0.1, -0.05) is 11.8 Å². The van der Waals surface area contributed by atoms with Gasteiger partial charge in [0, 0.05) is 28.9 Å². The first kappa shape index (κ1) is 21.3. The molecule has 1 aliphatic carbocycles. The van der Waals surface area contributed by atoms with E-state index >= 15 is 0 Å². The third-order valence-electron chi connectivity index (χ3n) is 6.26. The maximum absolute atomic E-state index is 13.1. The molecule has 0 fully saturated rings. The van der Waals surface area contributed by atoms with Crippen LogP contribution in [0.2, 0.25) is 0 Å². The molecule has 0 radical (unpaired) electrons. The van der Waals surface area contributed by atoms with Gasteiger partial charge in [0.05, 0.1) is 23.9 Å². The van der Waals surface area contributed by atoms with Gasteiger partial charge >= 0.3 is 0 Å². The maximum atomic E-state index is 13.1. The highest BCUT2D eigenvalue weighted by Gasteiger charge is 2.22. The zero-order chi connectivity index (χ0) is 22.4. The molecule has 0 aliphatic heterocycles. The fourth-order valence-electron chi connectivity index (χ4n) is 4.49. The summed E-state index contributed by atoms with van der Waals surface area (Å²) in [5.74, 6) is 1.13. The Hall–Kier alpha value is -2.58. The number of hydrogen-bond acceptors (Lipinski definition) is 6. The first-order valence-electron chi connectivity index (χ1n) is 10.8. The van der Waals surface area contributed by atoms with Crippen molar-refractivity contribution < 1.29 is 9.21 Å². The monoisotopic (exact) mass is 467 g/mol. The lowest BCUT2D eigenvalue weighted by Gasteiger charge is -2.11. The van der Waals surface area contributed by atoms with Gasteiger partial charge in [-0.2, -0.15) is 0 Å². The molecule has 32 heavy (non-hydrogen) atoms. The molecule has 4 aromatic heterocycles. The fourth-order valence-corrected chi connectivity index (χ4v) is 6.65. The van der Waals surface area contributed by atoms with Gasteiger partial charge in [0.15, 0.2) is 10.9 Å². The number of aromatic nitrogens is 3. The van der Waals surface area contributed by atoms with Crippen LogP contribution in [0.25, 0.3) is 10.2 Å². The topological polar surface area (TPSA) is 70.0 Å². The number of ketones is 1. The second-order valence-electron chi connectivity index (χ2n) is 8.31. The van der Waals surface area contributed by atoms with E-state index in [-0.39, 0.29) is 17.1 Å². The van der Waals surface area contributed by atoms with Crippen LogP contribution in [-0.2, 0) is 26.4 Å². The Morgan fingerprint density at radius 2 is 2.09 bits per heavy atom. The Kier molecular flexibility index (Phi) is 5.59. The average molecular weight is 468 g/mol. The molecule has 4 aromatic rings. The molecule has 8 heteroatoms. The lowest BCUT2D eigenvalue weighted by Crippen LogP contribution is -2.21. The Morgan fingerprint density at radius 3 is 2.88 bits per heavy atom. The van der Waals surface area contributed by atoms with E-state index in [9.17, 15) is 9.59 Å². The Bertz CT molecular complexity index is 1380. The molecule has 1 aliphatic rings. The van der Waals surface area contributed by atoms with Gasteiger partial charge < -0.3 is 8.98 Å². The first-order chi connectivity index (χ1) is 15.4. The van der Waals surface area contributed by atoms with Crippen LogP contribution >= 0.6 is 23.1 Å². The molecule has 0 aromatic carbocycles. The molecule has 166 valence electrons. The molecule has 4 heterocycles. The van der Waals surface area contributed by atoms with E-state index in [1.165, 1.54) is 28.6 Å². The van der Waals surface area contributed by atoms with E-state index in [1.807, 2.05) is 32.0 Å². The second-order valence-corrected chi connectivity index (χ2v) is 10.3. The van der Waals surface area contributed by atoms with Crippen molar-refractivity contribution in [2.75, 3.05) is 5.75 Å². The third-order valence-corrected chi connectivity index (χ3v) is 8.47. The van der Waals surface area contributed by atoms with E-state index in [0.717, 1.165) is 46.6 Å². The van der Waals surface area contributed by atoms with E-state index in [0.29, 0.717) is 17.3 Å². The van der Waals surface area contributed by atoms with Crippen LogP contribution in [0.1, 0.15) is 50.8 Å². The molecule has 0 amide bonds. The van der Waals surface area contributed by atoms with E-state index in [2.05, 4.69) is 4.57 Å². The minimum absolute atomic E-state index is 0.000903. The van der Waals surface area contributed by atoms with Gasteiger partial charge in [0.25, 0.3) is 5.56 Å². The Labute approximate surface area is 194 Å². The van der Waals surface area contributed by atoms with Gasteiger partial charge in [-0.05, 0) is 63.3 Å². The van der Waals surface area contributed by atoms with Gasteiger partial charge in [0.2, 0.25) is 0 Å². The van der Waals surface area contributed by atoms with E-state index in [4.69, 9.17) is 9.40 Å². The zero-order valence-electron chi connectivity index (χ0n) is 18.4. The first-order valence-corrected chi connectivity index (χ1v) is 12.6. The predicted octanol–water partition coefficient (Wildman–Crippen LogP) is 4.91. The lowest BCUT2D eigenvalue weighted by atomic mass is 9.97. The lowest BCUT2D eigenvalue weighted by molar-refractivity contribution is 0.102. The number of hydrogen-bond donors (Lipinski definition) is 0. The summed E-state index contributed by atoms with van der Waals surface area (Å²) in [6.07, 6.45) is 5.96. The van der Waals surface area contributed by atoms with Crippen LogP contribution in [0.4, 0.5) is 0 Å². The summed E-state index contributed by atoms with van der Waals surface area (Å²) in [6.45, 7) is 4.56. The third kappa shape index (κ3) is 3.65. The van der Waals surface area contributed by atoms with Gasteiger partial charge in [0.1, 0.15) is 10.6 Å². The largest absolute Gasteiger partial charge is 0.467 e. The number of thiophene rings is 1. The smallest absolute Gasteiger partial charge is 0.262 e. The van der Waals surface area contributed by atoms with Gasteiger partial charge in [-0.3, -0.25) is 14.2 Å². The van der Waals surface area contributed by atoms with Crippen molar-refractivity contribution >= 4 is 39.1 Å². The number of fused-ring (bicyclic) bond motifs is 3. The molecular formula is C24H25N3O3S2. The number of nitrogens with zero attached hydrogens (tertiary/aromatic N) is 3. The van der Waals surface area contributed by atoms with Crippen LogP contribution in [0, 0.1) is 13.8 Å². The number of rotatable bonds is 6. The van der Waals surface area contributed by atoms with Gasteiger partial charge in [-0.25, -0.2) is 4.98 Å². The summed E-state index contributed by atoms with van der Waals surface area (Å²) in [5.41, 5.74) is 3.84.